The zero-order chi connectivity index (χ0) is 25.8. The molecule has 0 bridgehead atoms. The Morgan fingerprint density at radius 2 is 1.81 bits per heavy atom. The summed E-state index contributed by atoms with van der Waals surface area (Å²) in [6.45, 7) is 6.11. The van der Waals surface area contributed by atoms with Crippen LogP contribution in [0.25, 0.3) is 0 Å². The maximum absolute atomic E-state index is 11.1. The van der Waals surface area contributed by atoms with Crippen LogP contribution in [0.5, 0.6) is 5.75 Å². The van der Waals surface area contributed by atoms with Crippen LogP contribution in [0.2, 0.25) is 0 Å². The molecule has 0 saturated carbocycles. The summed E-state index contributed by atoms with van der Waals surface area (Å²) < 4.78 is 12.0. The molecule has 6 heteroatoms. The predicted octanol–water partition coefficient (Wildman–Crippen LogP) is 5.42. The van der Waals surface area contributed by atoms with Crippen LogP contribution in [0.3, 0.4) is 0 Å². The molecule has 6 nitrogen and oxygen atoms in total. The van der Waals surface area contributed by atoms with Gasteiger partial charge in [-0.3, -0.25) is 9.69 Å². The molecular weight excluding hydrogens is 464 g/mol. The minimum atomic E-state index is -0.859. The van der Waals surface area contributed by atoms with Crippen molar-refractivity contribution in [1.82, 2.24) is 4.90 Å². The number of hydrogen-bond donors (Lipinski definition) is 1. The molecule has 2 aliphatic heterocycles. The number of benzene rings is 2. The number of aliphatic carboxylic acids is 1. The second-order valence-corrected chi connectivity index (χ2v) is 10.2. The van der Waals surface area contributed by atoms with E-state index in [4.69, 9.17) is 14.3 Å². The van der Waals surface area contributed by atoms with E-state index in [-0.39, 0.29) is 17.8 Å². The number of likely N-dealkylation sites (tertiary alicyclic amines) is 1. The maximum atomic E-state index is 11.1. The highest BCUT2D eigenvalue weighted by Crippen LogP contribution is 2.46. The molecule has 1 atom stereocenters. The van der Waals surface area contributed by atoms with Crippen LogP contribution in [-0.4, -0.2) is 42.7 Å². The lowest BCUT2D eigenvalue weighted by Crippen LogP contribution is -2.44. The van der Waals surface area contributed by atoms with E-state index in [2.05, 4.69) is 53.0 Å². The van der Waals surface area contributed by atoms with Gasteiger partial charge in [-0.1, -0.05) is 36.3 Å². The predicted molar refractivity (Wildman–Crippen MR) is 144 cm³/mol. The van der Waals surface area contributed by atoms with Crippen molar-refractivity contribution in [3.05, 3.63) is 83.3 Å². The van der Waals surface area contributed by atoms with E-state index in [1.165, 1.54) is 11.3 Å². The summed E-state index contributed by atoms with van der Waals surface area (Å²) in [4.78, 5) is 16.0. The van der Waals surface area contributed by atoms with Gasteiger partial charge in [0.05, 0.1) is 18.9 Å². The Bertz CT molecular complexity index is 1290. The lowest BCUT2D eigenvalue weighted by molar-refractivity contribution is -0.137. The summed E-state index contributed by atoms with van der Waals surface area (Å²) in [7, 11) is 2.21. The maximum Gasteiger partial charge on any atom is 0.304 e. The normalized spacial score (nSPS) is 17.2. The first-order valence-corrected chi connectivity index (χ1v) is 12.9. The van der Waals surface area contributed by atoms with E-state index in [1.807, 2.05) is 36.4 Å². The molecule has 1 saturated heterocycles. The van der Waals surface area contributed by atoms with Crippen molar-refractivity contribution in [2.24, 2.45) is 0 Å². The molecule has 0 aliphatic carbocycles. The molecule has 1 spiro atoms. The average molecular weight is 499 g/mol. The number of para-hydroxylation sites is 1. The van der Waals surface area contributed by atoms with E-state index in [0.717, 1.165) is 56.1 Å². The van der Waals surface area contributed by atoms with Gasteiger partial charge in [-0.25, -0.2) is 0 Å². The molecule has 192 valence electrons. The minimum absolute atomic E-state index is 0.0153. The van der Waals surface area contributed by atoms with Crippen molar-refractivity contribution >= 4 is 11.7 Å². The Balaban J connectivity index is 1.12. The van der Waals surface area contributed by atoms with Gasteiger partial charge in [0.25, 0.3) is 0 Å². The number of ether oxygens (including phenoxy) is 1. The van der Waals surface area contributed by atoms with E-state index in [9.17, 15) is 4.79 Å². The van der Waals surface area contributed by atoms with Gasteiger partial charge in [0.2, 0.25) is 0 Å². The average Bonchev–Trinajstić information content (AvgIpc) is 3.46. The van der Waals surface area contributed by atoms with Gasteiger partial charge in [0.15, 0.2) is 0 Å². The van der Waals surface area contributed by atoms with E-state index < -0.39 is 5.97 Å². The molecule has 1 N–H and O–H groups in total. The van der Waals surface area contributed by atoms with Crippen LogP contribution in [0.1, 0.15) is 54.8 Å². The number of carboxylic acids is 1. The second-order valence-electron chi connectivity index (χ2n) is 10.2. The summed E-state index contributed by atoms with van der Waals surface area (Å²) in [5, 5.41) is 9.13. The smallest absolute Gasteiger partial charge is 0.304 e. The fourth-order valence-electron chi connectivity index (χ4n) is 5.80. The molecule has 3 heterocycles. The van der Waals surface area contributed by atoms with Crippen molar-refractivity contribution in [1.29, 1.82) is 0 Å². The largest absolute Gasteiger partial charge is 0.486 e. The fourth-order valence-corrected chi connectivity index (χ4v) is 5.80. The van der Waals surface area contributed by atoms with Gasteiger partial charge in [0.1, 0.15) is 23.9 Å². The number of rotatable bonds is 8. The number of anilines is 1. The van der Waals surface area contributed by atoms with Gasteiger partial charge in [-0.2, -0.15) is 0 Å². The van der Waals surface area contributed by atoms with Gasteiger partial charge >= 0.3 is 5.97 Å². The highest BCUT2D eigenvalue weighted by atomic mass is 16.5. The van der Waals surface area contributed by atoms with Crippen molar-refractivity contribution < 1.29 is 19.1 Å². The molecule has 0 unspecified atom stereocenters. The SMILES string of the molecule is CC#C[C@@H](CC(=O)O)c1ccc(OCc2ccc(CN3CCC4(CC3)CN(C)c3ccccc34)o2)cc1. The fraction of sp³-hybridized carbons (Fsp3) is 0.387. The molecule has 1 aromatic heterocycles. The first kappa shape index (κ1) is 25.0. The first-order valence-electron chi connectivity index (χ1n) is 12.9. The Kier molecular flexibility index (Phi) is 7.25. The van der Waals surface area contributed by atoms with Crippen molar-refractivity contribution in [3.8, 4) is 17.6 Å². The summed E-state index contributed by atoms with van der Waals surface area (Å²) in [6, 6.07) is 20.4. The number of carboxylic acid groups (broad SMARTS) is 1. The van der Waals surface area contributed by atoms with Gasteiger partial charge in [-0.05, 0) is 74.3 Å². The zero-order valence-corrected chi connectivity index (χ0v) is 21.6. The molecule has 5 rings (SSSR count). The third-order valence-electron chi connectivity index (χ3n) is 7.70. The summed E-state index contributed by atoms with van der Waals surface area (Å²) >= 11 is 0. The highest BCUT2D eigenvalue weighted by Gasteiger charge is 2.43. The highest BCUT2D eigenvalue weighted by molar-refractivity contribution is 5.69. The molecule has 1 fully saturated rings. The Hall–Kier alpha value is -3.69. The monoisotopic (exact) mass is 498 g/mol. The van der Waals surface area contributed by atoms with Gasteiger partial charge < -0.3 is 19.2 Å². The number of carbonyl (C=O) groups is 1. The van der Waals surface area contributed by atoms with Crippen molar-refractivity contribution in [2.75, 3.05) is 31.6 Å². The molecule has 0 amide bonds. The molecule has 37 heavy (non-hydrogen) atoms. The number of nitrogens with zero attached hydrogens (tertiary/aromatic N) is 2. The van der Waals surface area contributed by atoms with Gasteiger partial charge in [0, 0.05) is 24.7 Å². The second kappa shape index (κ2) is 10.7. The number of piperidine rings is 1. The zero-order valence-electron chi connectivity index (χ0n) is 21.6. The number of hydrogen-bond acceptors (Lipinski definition) is 5. The molecular formula is C31H34N2O4. The lowest BCUT2D eigenvalue weighted by Gasteiger charge is -2.39. The Labute approximate surface area is 218 Å². The lowest BCUT2D eigenvalue weighted by atomic mass is 9.74. The van der Waals surface area contributed by atoms with E-state index in [1.54, 1.807) is 6.92 Å². The summed E-state index contributed by atoms with van der Waals surface area (Å²) in [5.74, 6) is 7.08. The molecule has 2 aliphatic rings. The third-order valence-corrected chi connectivity index (χ3v) is 7.70. The van der Waals surface area contributed by atoms with Crippen molar-refractivity contribution in [3.63, 3.8) is 0 Å². The van der Waals surface area contributed by atoms with Crippen LogP contribution in [0.15, 0.2) is 65.1 Å². The molecule has 2 aromatic carbocycles. The standard InChI is InChI=1S/C31H34N2O4/c1-3-6-24(19-30(34)35)23-9-11-25(12-10-23)36-21-27-14-13-26(37-27)20-33-17-15-31(16-18-33)22-32(2)29-8-5-4-7-28(29)31/h4-5,7-14,24H,15-22H2,1-2H3,(H,34,35)/t24-/m0/s1. The topological polar surface area (TPSA) is 66.2 Å². The van der Waals surface area contributed by atoms with Crippen LogP contribution >= 0.6 is 0 Å². The summed E-state index contributed by atoms with van der Waals surface area (Å²) in [6.07, 6.45) is 2.31. The molecule has 3 aromatic rings. The minimum Gasteiger partial charge on any atom is -0.486 e. The van der Waals surface area contributed by atoms with E-state index in [0.29, 0.717) is 12.4 Å². The van der Waals surface area contributed by atoms with Crippen LogP contribution < -0.4 is 9.64 Å². The molecule has 0 radical (unpaired) electrons. The Morgan fingerprint density at radius 1 is 1.08 bits per heavy atom. The van der Waals surface area contributed by atoms with E-state index >= 15 is 0 Å². The van der Waals surface area contributed by atoms with Crippen LogP contribution in [-0.2, 0) is 23.4 Å². The first-order chi connectivity index (χ1) is 18.0. The van der Waals surface area contributed by atoms with Crippen LogP contribution in [0, 0.1) is 11.8 Å². The number of furan rings is 1. The summed E-state index contributed by atoms with van der Waals surface area (Å²) in [5.41, 5.74) is 4.05. The third kappa shape index (κ3) is 5.52. The van der Waals surface area contributed by atoms with Crippen LogP contribution in [0.4, 0.5) is 5.69 Å². The van der Waals surface area contributed by atoms with Crippen molar-refractivity contribution in [2.45, 2.75) is 50.7 Å². The number of likely N-dealkylation sites (N-methyl/N-ethyl adjacent to an activating group) is 1. The quantitative estimate of drug-likeness (QED) is 0.418. The van der Waals surface area contributed by atoms with Gasteiger partial charge in [-0.15, -0.1) is 5.92 Å². The Morgan fingerprint density at radius 3 is 2.54 bits per heavy atom. The number of fused-ring (bicyclic) bond motifs is 2.